The Kier molecular flexibility index (Phi) is 2.86. The summed E-state index contributed by atoms with van der Waals surface area (Å²) in [6.07, 6.45) is 1.64. The van der Waals surface area contributed by atoms with E-state index in [0.717, 1.165) is 16.3 Å². The number of benzene rings is 2. The van der Waals surface area contributed by atoms with E-state index in [0.29, 0.717) is 11.3 Å². The number of amides is 1. The van der Waals surface area contributed by atoms with Crippen molar-refractivity contribution >= 4 is 33.5 Å². The van der Waals surface area contributed by atoms with Gasteiger partial charge in [-0.05, 0) is 24.3 Å². The molecule has 0 fully saturated rings. The number of pyridine rings is 1. The summed E-state index contributed by atoms with van der Waals surface area (Å²) in [5.41, 5.74) is 2.23. The Morgan fingerprint density at radius 1 is 0.955 bits per heavy atom. The smallest absolute Gasteiger partial charge is 0.291 e. The number of hydrogen-bond donors (Lipinski definition) is 1. The minimum absolute atomic E-state index is 0.284. The fraction of sp³-hybridized carbons (Fsp3) is 0. The Labute approximate surface area is 126 Å². The zero-order valence-electron chi connectivity index (χ0n) is 11.6. The molecule has 2 aromatic carbocycles. The van der Waals surface area contributed by atoms with Gasteiger partial charge < -0.3 is 9.73 Å². The largest absolute Gasteiger partial charge is 0.451 e. The van der Waals surface area contributed by atoms with Crippen molar-refractivity contribution in [2.75, 3.05) is 5.32 Å². The van der Waals surface area contributed by atoms with Crippen LogP contribution in [0, 0.1) is 0 Å². The molecule has 1 N–H and O–H groups in total. The highest BCUT2D eigenvalue weighted by Crippen LogP contribution is 2.21. The third kappa shape index (κ3) is 2.20. The first kappa shape index (κ1) is 12.6. The number of nitrogens with zero attached hydrogens (tertiary/aromatic N) is 1. The third-order valence-electron chi connectivity index (χ3n) is 3.50. The fourth-order valence-electron chi connectivity index (χ4n) is 2.43. The lowest BCUT2D eigenvalue weighted by Gasteiger charge is -2.04. The van der Waals surface area contributed by atoms with Crippen LogP contribution in [-0.2, 0) is 0 Å². The third-order valence-corrected chi connectivity index (χ3v) is 3.50. The molecule has 4 aromatic rings. The van der Waals surface area contributed by atoms with Crippen molar-refractivity contribution in [3.8, 4) is 0 Å². The number of aromatic nitrogens is 1. The van der Waals surface area contributed by atoms with Crippen LogP contribution in [0.2, 0.25) is 0 Å². The van der Waals surface area contributed by atoms with E-state index in [9.17, 15) is 4.79 Å². The van der Waals surface area contributed by atoms with E-state index in [1.165, 1.54) is 0 Å². The molecule has 0 aliphatic rings. The van der Waals surface area contributed by atoms with Crippen LogP contribution in [-0.4, -0.2) is 10.9 Å². The van der Waals surface area contributed by atoms with E-state index < -0.39 is 0 Å². The SMILES string of the molecule is O=C(Nc1cnc2ccccc2c1)c1cc2ccccc2o1. The zero-order chi connectivity index (χ0) is 14.9. The molecule has 0 saturated carbocycles. The lowest BCUT2D eigenvalue weighted by Crippen LogP contribution is -2.10. The van der Waals surface area contributed by atoms with E-state index in [1.807, 2.05) is 54.6 Å². The number of carbonyl (C=O) groups excluding carboxylic acids is 1. The molecule has 22 heavy (non-hydrogen) atoms. The maximum absolute atomic E-state index is 12.3. The summed E-state index contributed by atoms with van der Waals surface area (Å²) in [6.45, 7) is 0. The van der Waals surface area contributed by atoms with Crippen LogP contribution in [0.25, 0.3) is 21.9 Å². The summed E-state index contributed by atoms with van der Waals surface area (Å²) in [6, 6.07) is 18.9. The highest BCUT2D eigenvalue weighted by atomic mass is 16.3. The van der Waals surface area contributed by atoms with Crippen LogP contribution in [0.3, 0.4) is 0 Å². The number of nitrogens with one attached hydrogen (secondary N) is 1. The molecule has 2 heterocycles. The van der Waals surface area contributed by atoms with E-state index in [-0.39, 0.29) is 11.7 Å². The predicted octanol–water partition coefficient (Wildman–Crippen LogP) is 4.23. The van der Waals surface area contributed by atoms with Gasteiger partial charge in [0, 0.05) is 10.8 Å². The highest BCUT2D eigenvalue weighted by molar-refractivity contribution is 6.05. The van der Waals surface area contributed by atoms with Crippen molar-refractivity contribution in [1.82, 2.24) is 4.98 Å². The first-order valence-corrected chi connectivity index (χ1v) is 6.94. The lowest BCUT2D eigenvalue weighted by atomic mass is 10.2. The zero-order valence-corrected chi connectivity index (χ0v) is 11.6. The lowest BCUT2D eigenvalue weighted by molar-refractivity contribution is 0.0998. The maximum atomic E-state index is 12.3. The van der Waals surface area contributed by atoms with Gasteiger partial charge in [-0.15, -0.1) is 0 Å². The number of para-hydroxylation sites is 2. The van der Waals surface area contributed by atoms with Crippen LogP contribution >= 0.6 is 0 Å². The summed E-state index contributed by atoms with van der Waals surface area (Å²) < 4.78 is 5.56. The van der Waals surface area contributed by atoms with Crippen LogP contribution in [0.15, 0.2) is 71.3 Å². The standard InChI is InChI=1S/C18H12N2O2/c21-18(17-10-13-6-2-4-8-16(13)22-17)20-14-9-12-5-1-3-7-15(12)19-11-14/h1-11H,(H,20,21). The molecule has 0 saturated heterocycles. The minimum Gasteiger partial charge on any atom is -0.451 e. The second-order valence-corrected chi connectivity index (χ2v) is 5.02. The highest BCUT2D eigenvalue weighted by Gasteiger charge is 2.12. The summed E-state index contributed by atoms with van der Waals surface area (Å²) in [5.74, 6) is 0.00244. The van der Waals surface area contributed by atoms with Gasteiger partial charge in [0.1, 0.15) is 5.58 Å². The molecule has 4 heteroatoms. The first-order chi connectivity index (χ1) is 10.8. The minimum atomic E-state index is -0.284. The predicted molar refractivity (Wildman–Crippen MR) is 85.9 cm³/mol. The number of carbonyl (C=O) groups is 1. The molecular weight excluding hydrogens is 276 g/mol. The molecule has 4 nitrogen and oxygen atoms in total. The topological polar surface area (TPSA) is 55.1 Å². The molecule has 0 unspecified atom stereocenters. The molecule has 0 spiro atoms. The van der Waals surface area contributed by atoms with E-state index >= 15 is 0 Å². The van der Waals surface area contributed by atoms with Crippen LogP contribution in [0.5, 0.6) is 0 Å². The molecule has 1 amide bonds. The van der Waals surface area contributed by atoms with Gasteiger partial charge in [0.05, 0.1) is 17.4 Å². The van der Waals surface area contributed by atoms with Crippen LogP contribution < -0.4 is 5.32 Å². The molecule has 0 bridgehead atoms. The molecule has 4 rings (SSSR count). The van der Waals surface area contributed by atoms with Crippen molar-refractivity contribution in [1.29, 1.82) is 0 Å². The number of hydrogen-bond acceptors (Lipinski definition) is 3. The van der Waals surface area contributed by atoms with Crippen LogP contribution in [0.1, 0.15) is 10.6 Å². The summed E-state index contributed by atoms with van der Waals surface area (Å²) in [4.78, 5) is 16.6. The number of fused-ring (bicyclic) bond motifs is 2. The Morgan fingerprint density at radius 3 is 2.59 bits per heavy atom. The Hall–Kier alpha value is -3.14. The van der Waals surface area contributed by atoms with Crippen molar-refractivity contribution in [2.24, 2.45) is 0 Å². The molecule has 0 aliphatic carbocycles. The Bertz CT molecular complexity index is 955. The Morgan fingerprint density at radius 2 is 1.73 bits per heavy atom. The second kappa shape index (κ2) is 5.00. The molecular formula is C18H12N2O2. The van der Waals surface area contributed by atoms with Gasteiger partial charge >= 0.3 is 0 Å². The molecule has 106 valence electrons. The molecule has 2 aromatic heterocycles. The van der Waals surface area contributed by atoms with Gasteiger partial charge in [-0.3, -0.25) is 9.78 Å². The summed E-state index contributed by atoms with van der Waals surface area (Å²) >= 11 is 0. The average molecular weight is 288 g/mol. The molecule has 0 radical (unpaired) electrons. The van der Waals surface area contributed by atoms with Gasteiger partial charge in [-0.2, -0.15) is 0 Å². The summed E-state index contributed by atoms with van der Waals surface area (Å²) in [5, 5.41) is 4.70. The Balaban J connectivity index is 1.64. The van der Waals surface area contributed by atoms with Gasteiger partial charge in [-0.25, -0.2) is 0 Å². The van der Waals surface area contributed by atoms with Crippen molar-refractivity contribution in [3.05, 3.63) is 72.6 Å². The normalized spacial score (nSPS) is 10.9. The van der Waals surface area contributed by atoms with Gasteiger partial charge in [-0.1, -0.05) is 36.4 Å². The summed E-state index contributed by atoms with van der Waals surface area (Å²) in [7, 11) is 0. The number of rotatable bonds is 2. The average Bonchev–Trinajstić information content (AvgIpc) is 2.99. The molecule has 0 aliphatic heterocycles. The van der Waals surface area contributed by atoms with Gasteiger partial charge in [0.2, 0.25) is 0 Å². The van der Waals surface area contributed by atoms with E-state index in [4.69, 9.17) is 4.42 Å². The quantitative estimate of drug-likeness (QED) is 0.600. The van der Waals surface area contributed by atoms with E-state index in [2.05, 4.69) is 10.3 Å². The van der Waals surface area contributed by atoms with Gasteiger partial charge in [0.25, 0.3) is 5.91 Å². The first-order valence-electron chi connectivity index (χ1n) is 6.94. The van der Waals surface area contributed by atoms with Gasteiger partial charge in [0.15, 0.2) is 5.76 Å². The van der Waals surface area contributed by atoms with Crippen molar-refractivity contribution in [3.63, 3.8) is 0 Å². The van der Waals surface area contributed by atoms with E-state index in [1.54, 1.807) is 12.3 Å². The van der Waals surface area contributed by atoms with Crippen molar-refractivity contribution in [2.45, 2.75) is 0 Å². The molecule has 0 atom stereocenters. The maximum Gasteiger partial charge on any atom is 0.291 e. The van der Waals surface area contributed by atoms with Crippen LogP contribution in [0.4, 0.5) is 5.69 Å². The number of anilines is 1. The van der Waals surface area contributed by atoms with Crippen molar-refractivity contribution < 1.29 is 9.21 Å². The second-order valence-electron chi connectivity index (χ2n) is 5.02. The number of furan rings is 1. The fourth-order valence-corrected chi connectivity index (χ4v) is 2.43. The monoisotopic (exact) mass is 288 g/mol.